The van der Waals surface area contributed by atoms with Crippen molar-refractivity contribution in [2.45, 2.75) is 121 Å². The number of sulfonamides is 1. The lowest BCUT2D eigenvalue weighted by Gasteiger charge is -2.22. The molecule has 0 aliphatic carbocycles. The second kappa shape index (κ2) is 21.4. The molecule has 1 aromatic carbocycles. The highest BCUT2D eigenvalue weighted by atomic mass is 32.2. The summed E-state index contributed by atoms with van der Waals surface area (Å²) in [6.45, 7) is 1.24. The summed E-state index contributed by atoms with van der Waals surface area (Å²) in [5.74, 6) is 0.0826. The molecule has 5 nitrogen and oxygen atoms in total. The Bertz CT molecular complexity index is 779. The van der Waals surface area contributed by atoms with Crippen molar-refractivity contribution in [1.82, 2.24) is 4.31 Å². The van der Waals surface area contributed by atoms with Gasteiger partial charge in [-0.2, -0.15) is 10.5 Å². The van der Waals surface area contributed by atoms with E-state index in [0.29, 0.717) is 25.9 Å². The number of nitrogens with zero attached hydrogens (tertiary/aromatic N) is 3. The highest BCUT2D eigenvalue weighted by Crippen LogP contribution is 2.16. The Balaban J connectivity index is 2.34. The Kier molecular flexibility index (Phi) is 19.0. The first-order valence-electron chi connectivity index (χ1n) is 13.9. The van der Waals surface area contributed by atoms with Crippen LogP contribution >= 0.6 is 0 Å². The molecule has 196 valence electrons. The smallest absolute Gasteiger partial charge is 0.212 e. The van der Waals surface area contributed by atoms with Crippen LogP contribution in [0.3, 0.4) is 0 Å². The van der Waals surface area contributed by atoms with Gasteiger partial charge in [-0.25, -0.2) is 12.7 Å². The van der Waals surface area contributed by atoms with Crippen molar-refractivity contribution in [3.8, 4) is 12.1 Å². The minimum absolute atomic E-state index is 0.0826. The molecule has 0 N–H and O–H groups in total. The number of nitriles is 2. The van der Waals surface area contributed by atoms with Gasteiger partial charge in [-0.15, -0.1) is 0 Å². The summed E-state index contributed by atoms with van der Waals surface area (Å²) in [4.78, 5) is 0. The second-order valence-electron chi connectivity index (χ2n) is 9.61. The van der Waals surface area contributed by atoms with E-state index in [9.17, 15) is 8.42 Å². The van der Waals surface area contributed by atoms with Gasteiger partial charge in [-0.05, 0) is 31.2 Å². The normalized spacial score (nSPS) is 11.4. The maximum absolute atomic E-state index is 13.2. The van der Waals surface area contributed by atoms with Crippen molar-refractivity contribution >= 4 is 10.0 Å². The lowest BCUT2D eigenvalue weighted by Crippen LogP contribution is -2.34. The fourth-order valence-corrected chi connectivity index (χ4v) is 5.98. The molecule has 0 bridgehead atoms. The third-order valence-electron chi connectivity index (χ3n) is 6.48. The topological polar surface area (TPSA) is 85.0 Å². The summed E-state index contributed by atoms with van der Waals surface area (Å²) >= 11 is 0. The van der Waals surface area contributed by atoms with Gasteiger partial charge in [0.1, 0.15) is 0 Å². The Morgan fingerprint density at radius 3 is 1.34 bits per heavy atom. The van der Waals surface area contributed by atoms with Gasteiger partial charge in [0.25, 0.3) is 0 Å². The van der Waals surface area contributed by atoms with Gasteiger partial charge >= 0.3 is 0 Å². The van der Waals surface area contributed by atoms with Gasteiger partial charge < -0.3 is 0 Å². The van der Waals surface area contributed by atoms with Crippen molar-refractivity contribution < 1.29 is 8.42 Å². The zero-order valence-corrected chi connectivity index (χ0v) is 22.6. The zero-order chi connectivity index (χ0) is 25.5. The first kappa shape index (κ1) is 31.1. The zero-order valence-electron chi connectivity index (χ0n) is 21.8. The summed E-state index contributed by atoms with van der Waals surface area (Å²) in [7, 11) is -3.32. The molecule has 0 aliphatic heterocycles. The molecule has 0 heterocycles. The van der Waals surface area contributed by atoms with Crippen molar-refractivity contribution in [2.24, 2.45) is 0 Å². The molecule has 0 amide bonds. The predicted molar refractivity (Wildman–Crippen MR) is 145 cm³/mol. The highest BCUT2D eigenvalue weighted by molar-refractivity contribution is 7.88. The van der Waals surface area contributed by atoms with Gasteiger partial charge in [-0.3, -0.25) is 0 Å². The highest BCUT2D eigenvalue weighted by Gasteiger charge is 2.21. The van der Waals surface area contributed by atoms with Crippen molar-refractivity contribution in [3.05, 3.63) is 35.9 Å². The molecule has 0 atom stereocenters. The fourth-order valence-electron chi connectivity index (χ4n) is 4.37. The minimum atomic E-state index is -3.32. The van der Waals surface area contributed by atoms with E-state index >= 15 is 0 Å². The van der Waals surface area contributed by atoms with E-state index in [1.165, 1.54) is 38.5 Å². The molecule has 1 rings (SSSR count). The Hall–Kier alpha value is -1.89. The predicted octanol–water partition coefficient (Wildman–Crippen LogP) is 7.89. The van der Waals surface area contributed by atoms with Gasteiger partial charge in [0, 0.05) is 25.9 Å². The largest absolute Gasteiger partial charge is 0.218 e. The van der Waals surface area contributed by atoms with Gasteiger partial charge in [0.15, 0.2) is 0 Å². The van der Waals surface area contributed by atoms with Crippen LogP contribution in [0.2, 0.25) is 0 Å². The van der Waals surface area contributed by atoms with E-state index in [1.54, 1.807) is 4.31 Å². The van der Waals surface area contributed by atoms with Crippen LogP contribution in [0, 0.1) is 22.7 Å². The number of rotatable bonds is 23. The van der Waals surface area contributed by atoms with Crippen molar-refractivity contribution in [2.75, 3.05) is 13.1 Å². The summed E-state index contributed by atoms with van der Waals surface area (Å²) in [6, 6.07) is 13.9. The van der Waals surface area contributed by atoms with Crippen LogP contribution in [0.4, 0.5) is 0 Å². The van der Waals surface area contributed by atoms with E-state index in [2.05, 4.69) is 12.1 Å². The van der Waals surface area contributed by atoms with Crippen LogP contribution in [0.5, 0.6) is 0 Å². The molecule has 0 saturated carbocycles. The van der Waals surface area contributed by atoms with Crippen LogP contribution in [0.1, 0.15) is 121 Å². The van der Waals surface area contributed by atoms with Gasteiger partial charge in [0.05, 0.1) is 17.9 Å². The molecule has 1 aromatic rings. The molecule has 0 radical (unpaired) electrons. The monoisotopic (exact) mass is 501 g/mol. The van der Waals surface area contributed by atoms with E-state index in [-0.39, 0.29) is 5.75 Å². The van der Waals surface area contributed by atoms with E-state index in [0.717, 1.165) is 69.8 Å². The molecule has 0 unspecified atom stereocenters. The van der Waals surface area contributed by atoms with Crippen molar-refractivity contribution in [3.63, 3.8) is 0 Å². The summed E-state index contributed by atoms with van der Waals surface area (Å²) in [5, 5.41) is 17.2. The molecule has 0 spiro atoms. The molecular formula is C29H47N3O2S. The third kappa shape index (κ3) is 17.2. The number of hydrogen-bond donors (Lipinski definition) is 0. The van der Waals surface area contributed by atoms with E-state index < -0.39 is 10.0 Å². The maximum atomic E-state index is 13.2. The van der Waals surface area contributed by atoms with Crippen LogP contribution < -0.4 is 0 Å². The first-order valence-corrected chi connectivity index (χ1v) is 15.5. The fraction of sp³-hybridized carbons (Fsp3) is 0.724. The van der Waals surface area contributed by atoms with Gasteiger partial charge in [0.2, 0.25) is 10.0 Å². The minimum Gasteiger partial charge on any atom is -0.212 e. The first-order chi connectivity index (χ1) is 17.1. The average Bonchev–Trinajstić information content (AvgIpc) is 2.85. The van der Waals surface area contributed by atoms with E-state index in [1.807, 2.05) is 30.3 Å². The lowest BCUT2D eigenvalue weighted by atomic mass is 10.1. The molecule has 0 fully saturated rings. The summed E-state index contributed by atoms with van der Waals surface area (Å²) in [5.41, 5.74) is 0.852. The molecule has 35 heavy (non-hydrogen) atoms. The third-order valence-corrected chi connectivity index (χ3v) is 8.33. The average molecular weight is 502 g/mol. The van der Waals surface area contributed by atoms with Crippen LogP contribution in [-0.4, -0.2) is 25.8 Å². The maximum Gasteiger partial charge on any atom is 0.218 e. The standard InChI is InChI=1S/C29H47N3O2S/c30-24-18-11-7-3-1-5-9-13-20-26-32(35(33,34)28-29-22-16-15-17-23-29)27-21-14-10-6-2-4-8-12-19-25-31/h15-17,22-23H,1-14,18-21,26-28H2. The van der Waals surface area contributed by atoms with Crippen LogP contribution in [-0.2, 0) is 15.8 Å². The van der Waals surface area contributed by atoms with Crippen LogP contribution in [0.15, 0.2) is 30.3 Å². The Labute approximate surface area is 215 Å². The molecular weight excluding hydrogens is 454 g/mol. The van der Waals surface area contributed by atoms with E-state index in [4.69, 9.17) is 10.5 Å². The Morgan fingerprint density at radius 2 is 0.943 bits per heavy atom. The molecule has 6 heteroatoms. The summed E-state index contributed by atoms with van der Waals surface area (Å²) < 4.78 is 28.1. The Morgan fingerprint density at radius 1 is 0.571 bits per heavy atom. The molecule has 0 aromatic heterocycles. The SMILES string of the molecule is N#CCCCCCCCCCCN(CCCCCCCCCCC#N)S(=O)(=O)Cc1ccccc1. The molecule has 0 saturated heterocycles. The van der Waals surface area contributed by atoms with Gasteiger partial charge in [-0.1, -0.05) is 107 Å². The lowest BCUT2D eigenvalue weighted by molar-refractivity contribution is 0.382. The number of hydrogen-bond acceptors (Lipinski definition) is 4. The molecule has 0 aliphatic rings. The second-order valence-corrected chi connectivity index (χ2v) is 11.6. The number of benzene rings is 1. The number of unbranched alkanes of at least 4 members (excludes halogenated alkanes) is 16. The van der Waals surface area contributed by atoms with Crippen molar-refractivity contribution in [1.29, 1.82) is 10.5 Å². The van der Waals surface area contributed by atoms with Crippen LogP contribution in [0.25, 0.3) is 0 Å². The quantitative estimate of drug-likeness (QED) is 0.143. The summed E-state index contributed by atoms with van der Waals surface area (Å²) in [6.07, 6.45) is 19.1.